The molecule has 6 nitrogen and oxygen atoms in total. The van der Waals surface area contributed by atoms with Crippen LogP contribution in [0.3, 0.4) is 0 Å². The molecule has 0 bridgehead atoms. The van der Waals surface area contributed by atoms with Gasteiger partial charge in [0, 0.05) is 44.0 Å². The van der Waals surface area contributed by atoms with Crippen molar-refractivity contribution in [3.8, 4) is 11.5 Å². The van der Waals surface area contributed by atoms with Gasteiger partial charge in [-0.25, -0.2) is 4.39 Å². The van der Waals surface area contributed by atoms with Gasteiger partial charge in [-0.2, -0.15) is 0 Å². The lowest BCUT2D eigenvalue weighted by atomic mass is 9.77. The summed E-state index contributed by atoms with van der Waals surface area (Å²) in [6.07, 6.45) is 7.07. The number of rotatable bonds is 4. The van der Waals surface area contributed by atoms with Crippen molar-refractivity contribution in [3.63, 3.8) is 0 Å². The summed E-state index contributed by atoms with van der Waals surface area (Å²) in [4.78, 5) is 18.1. The van der Waals surface area contributed by atoms with E-state index in [1.54, 1.807) is 35.4 Å². The van der Waals surface area contributed by atoms with Crippen LogP contribution < -0.4 is 4.74 Å². The summed E-state index contributed by atoms with van der Waals surface area (Å²) in [5, 5.41) is 10.5. The molecule has 0 aliphatic carbocycles. The molecule has 1 atom stereocenters. The van der Waals surface area contributed by atoms with Gasteiger partial charge in [0.25, 0.3) is 0 Å². The summed E-state index contributed by atoms with van der Waals surface area (Å²) >= 11 is 0. The normalized spacial score (nSPS) is 21.0. The minimum atomic E-state index is -0.537. The molecule has 2 saturated heterocycles. The number of aliphatic hydroxyl groups is 1. The fourth-order valence-corrected chi connectivity index (χ4v) is 3.90. The van der Waals surface area contributed by atoms with Crippen molar-refractivity contribution in [1.29, 1.82) is 0 Å². The third-order valence-corrected chi connectivity index (χ3v) is 5.64. The Kier molecular flexibility index (Phi) is 5.60. The molecule has 1 unspecified atom stereocenters. The SMILES string of the molecule is O=C(/C=C/c1ccc(Oc2cccnc2)c(F)c1)N1CC(O)C2(CCOCC2)C1. The number of amides is 1. The summed E-state index contributed by atoms with van der Waals surface area (Å²) in [5.74, 6) is -0.185. The minimum absolute atomic E-state index is 0.0885. The lowest BCUT2D eigenvalue weighted by molar-refractivity contribution is -0.125. The minimum Gasteiger partial charge on any atom is -0.453 e. The Morgan fingerprint density at radius 1 is 1.34 bits per heavy atom. The van der Waals surface area contributed by atoms with E-state index in [0.717, 1.165) is 12.8 Å². The summed E-state index contributed by atoms with van der Waals surface area (Å²) < 4.78 is 25.2. The van der Waals surface area contributed by atoms with E-state index in [0.29, 0.717) is 37.6 Å². The largest absolute Gasteiger partial charge is 0.453 e. The van der Waals surface area contributed by atoms with E-state index < -0.39 is 11.9 Å². The van der Waals surface area contributed by atoms with E-state index in [2.05, 4.69) is 4.98 Å². The Hall–Kier alpha value is -2.77. The van der Waals surface area contributed by atoms with Crippen molar-refractivity contribution in [2.24, 2.45) is 5.41 Å². The van der Waals surface area contributed by atoms with Crippen molar-refractivity contribution in [1.82, 2.24) is 9.88 Å². The fourth-order valence-electron chi connectivity index (χ4n) is 3.90. The van der Waals surface area contributed by atoms with Crippen molar-refractivity contribution in [3.05, 3.63) is 60.2 Å². The van der Waals surface area contributed by atoms with Crippen molar-refractivity contribution < 1.29 is 23.8 Å². The van der Waals surface area contributed by atoms with Crippen molar-refractivity contribution in [2.75, 3.05) is 26.3 Å². The maximum absolute atomic E-state index is 14.3. The van der Waals surface area contributed by atoms with Gasteiger partial charge < -0.3 is 19.5 Å². The number of nitrogens with zero attached hydrogens (tertiary/aromatic N) is 2. The van der Waals surface area contributed by atoms with Crippen LogP contribution in [0.25, 0.3) is 6.08 Å². The summed E-state index contributed by atoms with van der Waals surface area (Å²) in [6, 6.07) is 7.90. The van der Waals surface area contributed by atoms with Crippen LogP contribution >= 0.6 is 0 Å². The van der Waals surface area contributed by atoms with Crippen LogP contribution in [0.2, 0.25) is 0 Å². The number of likely N-dealkylation sites (tertiary alicyclic amines) is 1. The predicted octanol–water partition coefficient (Wildman–Crippen LogP) is 3.03. The molecule has 0 radical (unpaired) electrons. The number of ether oxygens (including phenoxy) is 2. The van der Waals surface area contributed by atoms with Crippen LogP contribution in [0.1, 0.15) is 18.4 Å². The first-order chi connectivity index (χ1) is 14.1. The Labute approximate surface area is 168 Å². The number of pyridine rings is 1. The summed E-state index contributed by atoms with van der Waals surface area (Å²) in [6.45, 7) is 2.06. The first kappa shape index (κ1) is 19.5. The first-order valence-corrected chi connectivity index (χ1v) is 9.66. The summed E-state index contributed by atoms with van der Waals surface area (Å²) in [7, 11) is 0. The molecule has 29 heavy (non-hydrogen) atoms. The van der Waals surface area contributed by atoms with Gasteiger partial charge in [-0.1, -0.05) is 6.07 Å². The van der Waals surface area contributed by atoms with Gasteiger partial charge in [0.05, 0.1) is 12.3 Å². The molecule has 2 aliphatic heterocycles. The molecule has 3 heterocycles. The third-order valence-electron chi connectivity index (χ3n) is 5.64. The highest BCUT2D eigenvalue weighted by atomic mass is 19.1. The van der Waals surface area contributed by atoms with Crippen LogP contribution in [0, 0.1) is 11.2 Å². The molecule has 1 aromatic heterocycles. The van der Waals surface area contributed by atoms with Crippen LogP contribution in [0.15, 0.2) is 48.8 Å². The lowest BCUT2D eigenvalue weighted by Crippen LogP contribution is -2.39. The van der Waals surface area contributed by atoms with Gasteiger partial charge in [-0.05, 0) is 48.7 Å². The quantitative estimate of drug-likeness (QED) is 0.802. The van der Waals surface area contributed by atoms with Crippen LogP contribution in [0.4, 0.5) is 4.39 Å². The number of hydrogen-bond acceptors (Lipinski definition) is 5. The predicted molar refractivity (Wildman–Crippen MR) is 105 cm³/mol. The molecular formula is C22H23FN2O4. The second kappa shape index (κ2) is 8.31. The third kappa shape index (κ3) is 4.31. The van der Waals surface area contributed by atoms with E-state index in [1.165, 1.54) is 24.4 Å². The molecule has 1 aromatic carbocycles. The molecule has 2 aromatic rings. The van der Waals surface area contributed by atoms with Gasteiger partial charge >= 0.3 is 0 Å². The van der Waals surface area contributed by atoms with Crippen LogP contribution in [-0.4, -0.2) is 53.3 Å². The molecule has 1 spiro atoms. The Bertz CT molecular complexity index is 897. The second-order valence-corrected chi connectivity index (χ2v) is 7.52. The van der Waals surface area contributed by atoms with Gasteiger partial charge in [-0.3, -0.25) is 9.78 Å². The molecule has 1 amide bonds. The molecule has 152 valence electrons. The lowest BCUT2D eigenvalue weighted by Gasteiger charge is -2.35. The number of carbonyl (C=O) groups excluding carboxylic acids is 1. The van der Waals surface area contributed by atoms with Gasteiger partial charge in [0.2, 0.25) is 5.91 Å². The van der Waals surface area contributed by atoms with Crippen molar-refractivity contribution >= 4 is 12.0 Å². The Morgan fingerprint density at radius 2 is 2.17 bits per heavy atom. The molecular weight excluding hydrogens is 375 g/mol. The number of benzene rings is 1. The van der Waals surface area contributed by atoms with E-state index in [4.69, 9.17) is 9.47 Å². The molecule has 7 heteroatoms. The number of carbonyl (C=O) groups is 1. The maximum Gasteiger partial charge on any atom is 0.246 e. The van der Waals surface area contributed by atoms with Crippen LogP contribution in [0.5, 0.6) is 11.5 Å². The highest BCUT2D eigenvalue weighted by molar-refractivity contribution is 5.92. The van der Waals surface area contributed by atoms with E-state index in [1.807, 2.05) is 0 Å². The van der Waals surface area contributed by atoms with Crippen LogP contribution in [-0.2, 0) is 9.53 Å². The average molecular weight is 398 g/mol. The fraction of sp³-hybridized carbons (Fsp3) is 0.364. The van der Waals surface area contributed by atoms with Crippen molar-refractivity contribution in [2.45, 2.75) is 18.9 Å². The molecule has 2 fully saturated rings. The number of hydrogen-bond donors (Lipinski definition) is 1. The van der Waals surface area contributed by atoms with E-state index >= 15 is 0 Å². The molecule has 4 rings (SSSR count). The van der Waals surface area contributed by atoms with E-state index in [9.17, 15) is 14.3 Å². The molecule has 1 N–H and O–H groups in total. The monoisotopic (exact) mass is 398 g/mol. The van der Waals surface area contributed by atoms with Gasteiger partial charge in [0.15, 0.2) is 11.6 Å². The highest BCUT2D eigenvalue weighted by Crippen LogP contribution is 2.40. The average Bonchev–Trinajstić information content (AvgIpc) is 3.05. The first-order valence-electron chi connectivity index (χ1n) is 9.66. The van der Waals surface area contributed by atoms with Gasteiger partial charge in [0.1, 0.15) is 5.75 Å². The van der Waals surface area contributed by atoms with E-state index in [-0.39, 0.29) is 17.1 Å². The molecule has 0 saturated carbocycles. The number of aliphatic hydroxyl groups excluding tert-OH is 1. The zero-order chi connectivity index (χ0) is 20.3. The number of aromatic nitrogens is 1. The highest BCUT2D eigenvalue weighted by Gasteiger charge is 2.47. The molecule has 2 aliphatic rings. The Morgan fingerprint density at radius 3 is 2.90 bits per heavy atom. The second-order valence-electron chi connectivity index (χ2n) is 7.52. The zero-order valence-corrected chi connectivity index (χ0v) is 16.0. The summed E-state index contributed by atoms with van der Waals surface area (Å²) in [5.41, 5.74) is 0.286. The zero-order valence-electron chi connectivity index (χ0n) is 16.0. The maximum atomic E-state index is 14.3. The standard InChI is InChI=1S/C22H23FN2O4/c23-18-12-16(3-5-19(18)29-17-2-1-9-24-13-17)4-6-21(27)25-14-20(26)22(15-25)7-10-28-11-8-22/h1-6,9,12-13,20,26H,7-8,10-11,14-15H2/b6-4+. The number of halogens is 1. The number of β-amino-alcohol motifs (C(OH)–C–C–N with tert-alkyl or cyclic N) is 1. The Balaban J connectivity index is 1.40. The smallest absolute Gasteiger partial charge is 0.246 e. The van der Waals surface area contributed by atoms with Gasteiger partial charge in [-0.15, -0.1) is 0 Å². The topological polar surface area (TPSA) is 71.9 Å².